The van der Waals surface area contributed by atoms with Crippen LogP contribution in [0.4, 0.5) is 11.5 Å². The van der Waals surface area contributed by atoms with Gasteiger partial charge < -0.3 is 11.1 Å². The van der Waals surface area contributed by atoms with E-state index in [4.69, 9.17) is 5.73 Å². The maximum absolute atomic E-state index is 12.1. The molecular formula is C10H10Br2N4OS. The first kappa shape index (κ1) is 13.6. The van der Waals surface area contributed by atoms with Crippen LogP contribution in [0, 0.1) is 6.92 Å². The van der Waals surface area contributed by atoms with Gasteiger partial charge in [0.15, 0.2) is 5.82 Å². The number of nitrogen functional groups attached to an aromatic ring is 1. The minimum Gasteiger partial charge on any atom is -0.394 e. The van der Waals surface area contributed by atoms with E-state index in [0.29, 0.717) is 22.8 Å². The van der Waals surface area contributed by atoms with Gasteiger partial charge >= 0.3 is 0 Å². The molecule has 0 bridgehead atoms. The Morgan fingerprint density at radius 1 is 1.56 bits per heavy atom. The summed E-state index contributed by atoms with van der Waals surface area (Å²) in [5.74, 6) is 0.283. The van der Waals surface area contributed by atoms with Crippen molar-refractivity contribution in [1.29, 1.82) is 0 Å². The summed E-state index contributed by atoms with van der Waals surface area (Å²) in [5, 5.41) is 6.91. The average molecular weight is 394 g/mol. The molecule has 0 unspecified atom stereocenters. The summed E-state index contributed by atoms with van der Waals surface area (Å²) >= 11 is 8.12. The third kappa shape index (κ3) is 2.45. The molecular weight excluding hydrogens is 384 g/mol. The number of nitrogens with zero attached hydrogens (tertiary/aromatic N) is 2. The van der Waals surface area contributed by atoms with Crippen LogP contribution in [-0.2, 0) is 7.05 Å². The molecule has 3 N–H and O–H groups in total. The molecule has 2 rings (SSSR count). The molecule has 0 saturated heterocycles. The first-order chi connectivity index (χ1) is 8.40. The Kier molecular flexibility index (Phi) is 3.79. The van der Waals surface area contributed by atoms with E-state index in [1.807, 2.05) is 0 Å². The summed E-state index contributed by atoms with van der Waals surface area (Å²) in [7, 11) is 1.73. The highest BCUT2D eigenvalue weighted by atomic mass is 79.9. The molecule has 5 nitrogen and oxygen atoms in total. The van der Waals surface area contributed by atoms with Gasteiger partial charge in [0.2, 0.25) is 0 Å². The lowest BCUT2D eigenvalue weighted by atomic mass is 10.3. The summed E-state index contributed by atoms with van der Waals surface area (Å²) in [5.41, 5.74) is 7.59. The standard InChI is InChI=1S/C10H10Br2N4OS/c1-4-7(13)9(16(2)15-4)14-10(17)5-3-6(11)18-8(5)12/h3H,13H2,1-2H3,(H,14,17). The van der Waals surface area contributed by atoms with Crippen molar-refractivity contribution in [3.63, 3.8) is 0 Å². The fourth-order valence-electron chi connectivity index (χ4n) is 1.49. The van der Waals surface area contributed by atoms with Crippen LogP contribution in [-0.4, -0.2) is 15.7 Å². The number of carbonyl (C=O) groups is 1. The van der Waals surface area contributed by atoms with Crippen molar-refractivity contribution in [2.75, 3.05) is 11.1 Å². The first-order valence-electron chi connectivity index (χ1n) is 4.95. The summed E-state index contributed by atoms with van der Waals surface area (Å²) in [6.07, 6.45) is 0. The zero-order valence-corrected chi connectivity index (χ0v) is 13.6. The third-order valence-electron chi connectivity index (χ3n) is 2.40. The highest BCUT2D eigenvalue weighted by Crippen LogP contribution is 2.32. The Hall–Kier alpha value is -0.860. The van der Waals surface area contributed by atoms with E-state index in [1.54, 1.807) is 24.7 Å². The first-order valence-corrected chi connectivity index (χ1v) is 7.35. The second-order valence-electron chi connectivity index (χ2n) is 3.66. The van der Waals surface area contributed by atoms with Crippen LogP contribution in [0.25, 0.3) is 0 Å². The predicted octanol–water partition coefficient (Wildman–Crippen LogP) is 3.15. The number of hydrogen-bond donors (Lipinski definition) is 2. The number of halogens is 2. The van der Waals surface area contributed by atoms with Crippen LogP contribution in [0.3, 0.4) is 0 Å². The molecule has 2 aromatic heterocycles. The maximum atomic E-state index is 12.1. The number of amides is 1. The Bertz CT molecular complexity index is 620. The number of anilines is 2. The normalized spacial score (nSPS) is 10.7. The van der Waals surface area contributed by atoms with E-state index < -0.39 is 0 Å². The van der Waals surface area contributed by atoms with Crippen molar-refractivity contribution in [1.82, 2.24) is 9.78 Å². The summed E-state index contributed by atoms with van der Waals surface area (Å²) in [4.78, 5) is 12.1. The monoisotopic (exact) mass is 392 g/mol. The highest BCUT2D eigenvalue weighted by Gasteiger charge is 2.17. The van der Waals surface area contributed by atoms with Gasteiger partial charge in [-0.2, -0.15) is 5.10 Å². The van der Waals surface area contributed by atoms with E-state index in [0.717, 1.165) is 7.57 Å². The number of aryl methyl sites for hydroxylation is 2. The van der Waals surface area contributed by atoms with Crippen LogP contribution >= 0.6 is 43.2 Å². The second-order valence-corrected chi connectivity index (χ2v) is 7.41. The van der Waals surface area contributed by atoms with E-state index >= 15 is 0 Å². The average Bonchev–Trinajstić information content (AvgIpc) is 2.73. The number of rotatable bonds is 2. The Labute approximate surface area is 125 Å². The minimum atomic E-state index is -0.224. The van der Waals surface area contributed by atoms with E-state index in [9.17, 15) is 4.79 Å². The lowest BCUT2D eigenvalue weighted by Crippen LogP contribution is -2.15. The molecule has 8 heteroatoms. The van der Waals surface area contributed by atoms with Crippen molar-refractivity contribution in [3.05, 3.63) is 24.9 Å². The van der Waals surface area contributed by atoms with E-state index in [2.05, 4.69) is 42.3 Å². The van der Waals surface area contributed by atoms with Crippen LogP contribution in [0.5, 0.6) is 0 Å². The highest BCUT2D eigenvalue weighted by molar-refractivity contribution is 9.12. The molecule has 1 amide bonds. The largest absolute Gasteiger partial charge is 0.394 e. The number of thiophene rings is 1. The minimum absolute atomic E-state index is 0.224. The van der Waals surface area contributed by atoms with Crippen molar-refractivity contribution in [3.8, 4) is 0 Å². The topological polar surface area (TPSA) is 72.9 Å². The van der Waals surface area contributed by atoms with Crippen LogP contribution in [0.1, 0.15) is 16.1 Å². The van der Waals surface area contributed by atoms with Crippen molar-refractivity contribution in [2.45, 2.75) is 6.92 Å². The molecule has 2 aromatic rings. The summed E-state index contributed by atoms with van der Waals surface area (Å²) in [6, 6.07) is 1.75. The fourth-order valence-corrected chi connectivity index (χ4v) is 4.29. The molecule has 0 saturated carbocycles. The number of aromatic nitrogens is 2. The van der Waals surface area contributed by atoms with E-state index in [-0.39, 0.29) is 5.91 Å². The fraction of sp³-hybridized carbons (Fsp3) is 0.200. The van der Waals surface area contributed by atoms with Gasteiger partial charge in [-0.15, -0.1) is 11.3 Å². The van der Waals surface area contributed by atoms with Gasteiger partial charge in [0.25, 0.3) is 5.91 Å². The Morgan fingerprint density at radius 2 is 2.22 bits per heavy atom. The molecule has 0 aromatic carbocycles. The summed E-state index contributed by atoms with van der Waals surface area (Å²) < 4.78 is 3.20. The van der Waals surface area contributed by atoms with Crippen LogP contribution in [0.2, 0.25) is 0 Å². The summed E-state index contributed by atoms with van der Waals surface area (Å²) in [6.45, 7) is 1.79. The number of nitrogens with two attached hydrogens (primary N) is 1. The quantitative estimate of drug-likeness (QED) is 0.822. The SMILES string of the molecule is Cc1nn(C)c(NC(=O)c2cc(Br)sc2Br)c1N. The molecule has 0 spiro atoms. The second kappa shape index (κ2) is 5.02. The molecule has 0 fully saturated rings. The van der Waals surface area contributed by atoms with Crippen molar-refractivity contribution < 1.29 is 4.79 Å². The van der Waals surface area contributed by atoms with Crippen molar-refractivity contribution in [2.24, 2.45) is 7.05 Å². The van der Waals surface area contributed by atoms with Gasteiger partial charge in [-0.1, -0.05) is 0 Å². The Balaban J connectivity index is 2.29. The molecule has 18 heavy (non-hydrogen) atoms. The van der Waals surface area contributed by atoms with Crippen LogP contribution < -0.4 is 11.1 Å². The molecule has 96 valence electrons. The van der Waals surface area contributed by atoms with Gasteiger partial charge in [0.05, 0.1) is 24.5 Å². The van der Waals surface area contributed by atoms with Crippen molar-refractivity contribution >= 4 is 60.6 Å². The van der Waals surface area contributed by atoms with Gasteiger partial charge in [-0.25, -0.2) is 0 Å². The molecule has 0 aliphatic heterocycles. The molecule has 0 aliphatic carbocycles. The van der Waals surface area contributed by atoms with E-state index in [1.165, 1.54) is 11.3 Å². The van der Waals surface area contributed by atoms with Crippen LogP contribution in [0.15, 0.2) is 13.6 Å². The molecule has 2 heterocycles. The van der Waals surface area contributed by atoms with Gasteiger partial charge in [-0.3, -0.25) is 9.48 Å². The predicted molar refractivity (Wildman–Crippen MR) is 80.0 cm³/mol. The maximum Gasteiger partial charge on any atom is 0.258 e. The number of nitrogens with one attached hydrogen (secondary N) is 1. The smallest absolute Gasteiger partial charge is 0.258 e. The van der Waals surface area contributed by atoms with Gasteiger partial charge in [0, 0.05) is 7.05 Å². The van der Waals surface area contributed by atoms with Gasteiger partial charge in [0.1, 0.15) is 0 Å². The number of carbonyl (C=O) groups excluding carboxylic acids is 1. The number of hydrogen-bond acceptors (Lipinski definition) is 4. The molecule has 0 atom stereocenters. The third-order valence-corrected chi connectivity index (χ3v) is 4.74. The Morgan fingerprint density at radius 3 is 2.67 bits per heavy atom. The zero-order chi connectivity index (χ0) is 13.4. The molecule has 0 radical (unpaired) electrons. The van der Waals surface area contributed by atoms with Gasteiger partial charge in [-0.05, 0) is 44.8 Å². The lowest BCUT2D eigenvalue weighted by Gasteiger charge is -2.05. The zero-order valence-electron chi connectivity index (χ0n) is 9.62. The molecule has 0 aliphatic rings. The lowest BCUT2D eigenvalue weighted by molar-refractivity contribution is 0.102.